The van der Waals surface area contributed by atoms with E-state index < -0.39 is 35.0 Å². The molecular formula is C30H47N3O7. The lowest BCUT2D eigenvalue weighted by molar-refractivity contribution is -0.160. The van der Waals surface area contributed by atoms with E-state index in [9.17, 15) is 19.5 Å². The first-order chi connectivity index (χ1) is 19.3. The van der Waals surface area contributed by atoms with Crippen LogP contribution in [-0.2, 0) is 28.6 Å². The molecule has 4 aliphatic rings. The summed E-state index contributed by atoms with van der Waals surface area (Å²) in [6.07, 6.45) is 8.04. The monoisotopic (exact) mass is 561 g/mol. The molecule has 2 unspecified atom stereocenters. The van der Waals surface area contributed by atoms with Crippen molar-refractivity contribution in [2.24, 2.45) is 11.8 Å². The van der Waals surface area contributed by atoms with Gasteiger partial charge in [-0.2, -0.15) is 0 Å². The van der Waals surface area contributed by atoms with Crippen LogP contribution < -0.4 is 0 Å². The van der Waals surface area contributed by atoms with Crippen LogP contribution in [0.4, 0.5) is 0 Å². The summed E-state index contributed by atoms with van der Waals surface area (Å²) in [6.45, 7) is 14.7. The third-order valence-electron chi connectivity index (χ3n) is 9.07. The van der Waals surface area contributed by atoms with Crippen molar-refractivity contribution in [3.05, 3.63) is 25.3 Å². The minimum atomic E-state index is -1.07. The van der Waals surface area contributed by atoms with Crippen molar-refractivity contribution < 1.29 is 33.7 Å². The van der Waals surface area contributed by atoms with Crippen LogP contribution >= 0.6 is 0 Å². The highest BCUT2D eigenvalue weighted by Crippen LogP contribution is 2.63. The van der Waals surface area contributed by atoms with Crippen LogP contribution in [0.1, 0.15) is 51.9 Å². The number of amides is 2. The summed E-state index contributed by atoms with van der Waals surface area (Å²) in [5, 5.41) is 9.25. The van der Waals surface area contributed by atoms with E-state index in [-0.39, 0.29) is 25.0 Å². The molecule has 4 saturated heterocycles. The lowest BCUT2D eigenvalue weighted by Crippen LogP contribution is -2.57. The fourth-order valence-corrected chi connectivity index (χ4v) is 7.07. The number of allylic oxidation sites excluding steroid dienone is 1. The number of rotatable bonds is 16. The molecule has 4 heterocycles. The van der Waals surface area contributed by atoms with Crippen molar-refractivity contribution in [2.75, 3.05) is 65.7 Å². The van der Waals surface area contributed by atoms with Crippen molar-refractivity contribution in [3.8, 4) is 0 Å². The van der Waals surface area contributed by atoms with Gasteiger partial charge in [-0.15, -0.1) is 13.2 Å². The highest BCUT2D eigenvalue weighted by atomic mass is 16.6. The number of esters is 1. The average Bonchev–Trinajstić information content (AvgIpc) is 3.52. The van der Waals surface area contributed by atoms with Crippen LogP contribution in [0.3, 0.4) is 0 Å². The summed E-state index contributed by atoms with van der Waals surface area (Å²) in [4.78, 5) is 47.7. The molecule has 2 amide bonds. The Balaban J connectivity index is 1.59. The van der Waals surface area contributed by atoms with Gasteiger partial charge in [0.25, 0.3) is 0 Å². The van der Waals surface area contributed by atoms with Crippen LogP contribution in [0.5, 0.6) is 0 Å². The van der Waals surface area contributed by atoms with Gasteiger partial charge in [0.05, 0.1) is 31.3 Å². The highest BCUT2D eigenvalue weighted by Gasteiger charge is 2.78. The largest absolute Gasteiger partial charge is 0.465 e. The van der Waals surface area contributed by atoms with Crippen molar-refractivity contribution in [1.29, 1.82) is 0 Å². The van der Waals surface area contributed by atoms with Gasteiger partial charge < -0.3 is 29.1 Å². The summed E-state index contributed by atoms with van der Waals surface area (Å²) < 4.78 is 17.8. The van der Waals surface area contributed by atoms with Crippen LogP contribution in [0, 0.1) is 11.8 Å². The minimum absolute atomic E-state index is 0.0821. The summed E-state index contributed by atoms with van der Waals surface area (Å²) in [5.41, 5.74) is -1.92. The number of morpholine rings is 1. The first-order valence-corrected chi connectivity index (χ1v) is 14.9. The molecule has 10 nitrogen and oxygen atoms in total. The highest BCUT2D eigenvalue weighted by molar-refractivity contribution is 5.98. The van der Waals surface area contributed by atoms with Gasteiger partial charge in [-0.1, -0.05) is 12.2 Å². The second kappa shape index (κ2) is 13.6. The lowest BCUT2D eigenvalue weighted by Gasteiger charge is -2.37. The standard InChI is InChI=1S/C30H47N3O7/c1-4-6-10-20-39-28(37)24-23-26(35)33(14-8-7-9-19-34)25(30(23)12-11-29(24,3)40-30)27(36)32(13-5-2)16-15-31-17-21-38-22-18-31/h4-5,23-25,34H,1-2,6-22H2,3H3/t23-,24+,25?,29-,30?/m0/s1. The topological polar surface area (TPSA) is 109 Å². The maximum atomic E-state index is 14.4. The van der Waals surface area contributed by atoms with Crippen LogP contribution in [0.2, 0.25) is 0 Å². The van der Waals surface area contributed by atoms with Gasteiger partial charge in [-0.25, -0.2) is 0 Å². The maximum Gasteiger partial charge on any atom is 0.312 e. The number of likely N-dealkylation sites (tertiary alicyclic amines) is 1. The van der Waals surface area contributed by atoms with Crippen molar-refractivity contribution in [3.63, 3.8) is 0 Å². The number of fused-ring (bicyclic) bond motifs is 1. The molecule has 0 aromatic carbocycles. The van der Waals surface area contributed by atoms with Gasteiger partial charge in [0.15, 0.2) is 0 Å². The predicted octanol–water partition coefficient (Wildman–Crippen LogP) is 1.77. The Morgan fingerprint density at radius 3 is 2.60 bits per heavy atom. The number of aliphatic hydroxyl groups is 1. The molecule has 224 valence electrons. The van der Waals surface area contributed by atoms with Gasteiger partial charge in [0.2, 0.25) is 11.8 Å². The summed E-state index contributed by atoms with van der Waals surface area (Å²) in [6, 6.07) is -0.816. The van der Waals surface area contributed by atoms with Gasteiger partial charge in [-0.05, 0) is 51.9 Å². The van der Waals surface area contributed by atoms with Gasteiger partial charge in [0.1, 0.15) is 17.6 Å². The average molecular weight is 562 g/mol. The van der Waals surface area contributed by atoms with E-state index in [1.807, 2.05) is 6.92 Å². The van der Waals surface area contributed by atoms with E-state index in [1.54, 1.807) is 22.0 Å². The second-order valence-electron chi connectivity index (χ2n) is 11.7. The number of carbonyl (C=O) groups excluding carboxylic acids is 3. The number of unbranched alkanes of at least 4 members (excludes halogenated alkanes) is 3. The molecule has 4 rings (SSSR count). The molecule has 0 saturated carbocycles. The zero-order valence-electron chi connectivity index (χ0n) is 24.1. The number of aliphatic hydroxyl groups excluding tert-OH is 1. The Kier molecular flexibility index (Phi) is 10.4. The molecule has 0 aliphatic carbocycles. The zero-order valence-corrected chi connectivity index (χ0v) is 24.1. The Bertz CT molecular complexity index is 938. The van der Waals surface area contributed by atoms with E-state index >= 15 is 0 Å². The molecule has 0 aromatic heterocycles. The molecule has 40 heavy (non-hydrogen) atoms. The predicted molar refractivity (Wildman–Crippen MR) is 149 cm³/mol. The van der Waals surface area contributed by atoms with E-state index in [0.717, 1.165) is 25.9 Å². The van der Waals surface area contributed by atoms with Gasteiger partial charge in [0, 0.05) is 45.9 Å². The van der Waals surface area contributed by atoms with E-state index in [2.05, 4.69) is 18.1 Å². The van der Waals surface area contributed by atoms with Crippen LogP contribution in [0.15, 0.2) is 25.3 Å². The number of carbonyl (C=O) groups is 3. The molecule has 0 aromatic rings. The van der Waals surface area contributed by atoms with Crippen molar-refractivity contribution >= 4 is 17.8 Å². The molecule has 1 N–H and O–H groups in total. The normalized spacial score (nSPS) is 31.3. The Morgan fingerprint density at radius 1 is 1.12 bits per heavy atom. The lowest BCUT2D eigenvalue weighted by atomic mass is 9.66. The van der Waals surface area contributed by atoms with E-state index in [4.69, 9.17) is 14.2 Å². The third-order valence-corrected chi connectivity index (χ3v) is 9.07. The number of hydrogen-bond donors (Lipinski definition) is 1. The molecule has 1 spiro atoms. The number of nitrogens with zero attached hydrogens (tertiary/aromatic N) is 3. The quantitative estimate of drug-likeness (QED) is 0.173. The van der Waals surface area contributed by atoms with Crippen LogP contribution in [-0.4, -0.2) is 121 Å². The van der Waals surface area contributed by atoms with Crippen molar-refractivity contribution in [2.45, 2.75) is 69.1 Å². The van der Waals surface area contributed by atoms with Crippen molar-refractivity contribution in [1.82, 2.24) is 14.7 Å². The Hall–Kier alpha value is -2.27. The zero-order chi connectivity index (χ0) is 28.8. The van der Waals surface area contributed by atoms with E-state index in [1.165, 1.54) is 0 Å². The summed E-state index contributed by atoms with van der Waals surface area (Å²) in [5.74, 6) is -2.29. The first-order valence-electron chi connectivity index (χ1n) is 14.9. The molecule has 5 atom stereocenters. The summed E-state index contributed by atoms with van der Waals surface area (Å²) in [7, 11) is 0. The molecule has 4 aliphatic heterocycles. The summed E-state index contributed by atoms with van der Waals surface area (Å²) >= 11 is 0. The van der Waals surface area contributed by atoms with E-state index in [0.29, 0.717) is 71.5 Å². The second-order valence-corrected chi connectivity index (χ2v) is 11.7. The smallest absolute Gasteiger partial charge is 0.312 e. The fourth-order valence-electron chi connectivity index (χ4n) is 7.07. The molecule has 0 radical (unpaired) electrons. The van der Waals surface area contributed by atoms with Gasteiger partial charge >= 0.3 is 5.97 Å². The minimum Gasteiger partial charge on any atom is -0.465 e. The number of ether oxygens (including phenoxy) is 3. The fraction of sp³-hybridized carbons (Fsp3) is 0.767. The maximum absolute atomic E-state index is 14.4. The molecule has 10 heteroatoms. The Labute approximate surface area is 238 Å². The third kappa shape index (κ3) is 6.00. The molecular weight excluding hydrogens is 514 g/mol. The van der Waals surface area contributed by atoms with Crippen LogP contribution in [0.25, 0.3) is 0 Å². The molecule has 4 fully saturated rings. The SMILES string of the molecule is C=CCCCOC(=O)[C@H]1[C@H]2C(=O)N(CCCCCO)C(C(=O)N(CC=C)CCN3CCOCC3)C23CC[C@]1(C)O3. The Morgan fingerprint density at radius 2 is 1.90 bits per heavy atom. The number of hydrogen-bond acceptors (Lipinski definition) is 8. The molecule has 2 bridgehead atoms. The first kappa shape index (κ1) is 30.7. The van der Waals surface area contributed by atoms with Gasteiger partial charge in [-0.3, -0.25) is 19.3 Å².